The molecule has 0 bridgehead atoms. The highest BCUT2D eigenvalue weighted by Crippen LogP contribution is 2.28. The summed E-state index contributed by atoms with van der Waals surface area (Å²) in [7, 11) is 0. The summed E-state index contributed by atoms with van der Waals surface area (Å²) >= 11 is 15.0. The normalized spacial score (nSPS) is 12.5. The second kappa shape index (κ2) is 6.23. The molecule has 2 rings (SSSR count). The summed E-state index contributed by atoms with van der Waals surface area (Å²) in [6.45, 7) is 0. The van der Waals surface area contributed by atoms with Crippen LogP contribution in [-0.2, 0) is 6.42 Å². The van der Waals surface area contributed by atoms with Gasteiger partial charge in [-0.2, -0.15) is 0 Å². The molecule has 0 aliphatic rings. The molecule has 0 amide bonds. The highest BCUT2D eigenvalue weighted by molar-refractivity contribution is 9.10. The lowest BCUT2D eigenvalue weighted by atomic mass is 10.0. The van der Waals surface area contributed by atoms with E-state index in [1.807, 2.05) is 0 Å². The maximum absolute atomic E-state index is 13.6. The molecule has 1 N–H and O–H groups in total. The van der Waals surface area contributed by atoms with Gasteiger partial charge in [-0.1, -0.05) is 29.3 Å². The molecular weight excluding hydrogens is 354 g/mol. The van der Waals surface area contributed by atoms with Gasteiger partial charge in [0, 0.05) is 15.9 Å². The van der Waals surface area contributed by atoms with Crippen molar-refractivity contribution >= 4 is 39.1 Å². The molecule has 0 spiro atoms. The number of benzene rings is 2. The van der Waals surface area contributed by atoms with Crippen molar-refractivity contribution in [3.8, 4) is 0 Å². The van der Waals surface area contributed by atoms with Crippen molar-refractivity contribution in [2.24, 2.45) is 0 Å². The standard InChI is InChI=1S/C14H10BrCl2FO/c15-11-6-8(1-3-12(11)17)14(19)7-9-5-10(16)2-4-13(9)18/h1-6,14,19H,7H2. The van der Waals surface area contributed by atoms with E-state index in [-0.39, 0.29) is 12.2 Å². The Hall–Kier alpha value is -0.610. The lowest BCUT2D eigenvalue weighted by molar-refractivity contribution is 0.177. The maximum atomic E-state index is 13.6. The smallest absolute Gasteiger partial charge is 0.126 e. The summed E-state index contributed by atoms with van der Waals surface area (Å²) in [4.78, 5) is 0. The van der Waals surface area contributed by atoms with Gasteiger partial charge in [0.05, 0.1) is 11.1 Å². The minimum atomic E-state index is -0.818. The van der Waals surface area contributed by atoms with Crippen molar-refractivity contribution in [1.29, 1.82) is 0 Å². The van der Waals surface area contributed by atoms with Crippen molar-refractivity contribution in [3.63, 3.8) is 0 Å². The first-order valence-electron chi connectivity index (χ1n) is 5.54. The number of hydrogen-bond acceptors (Lipinski definition) is 1. The zero-order valence-electron chi connectivity index (χ0n) is 9.71. The fraction of sp³-hybridized carbons (Fsp3) is 0.143. The Morgan fingerprint density at radius 2 is 1.89 bits per heavy atom. The second-order valence-corrected chi connectivity index (χ2v) is 5.83. The van der Waals surface area contributed by atoms with Gasteiger partial charge < -0.3 is 5.11 Å². The van der Waals surface area contributed by atoms with Crippen molar-refractivity contribution in [1.82, 2.24) is 0 Å². The van der Waals surface area contributed by atoms with Gasteiger partial charge in [-0.15, -0.1) is 0 Å². The topological polar surface area (TPSA) is 20.2 Å². The fourth-order valence-corrected chi connectivity index (χ4v) is 2.45. The molecule has 100 valence electrons. The van der Waals surface area contributed by atoms with E-state index in [0.717, 1.165) is 0 Å². The van der Waals surface area contributed by atoms with E-state index < -0.39 is 6.10 Å². The molecule has 2 aromatic carbocycles. The van der Waals surface area contributed by atoms with Crippen LogP contribution >= 0.6 is 39.1 Å². The molecule has 0 aliphatic carbocycles. The lowest BCUT2D eigenvalue weighted by Gasteiger charge is -2.13. The van der Waals surface area contributed by atoms with E-state index in [0.29, 0.717) is 25.6 Å². The minimum Gasteiger partial charge on any atom is -0.388 e. The van der Waals surface area contributed by atoms with E-state index in [2.05, 4.69) is 15.9 Å². The largest absolute Gasteiger partial charge is 0.388 e. The van der Waals surface area contributed by atoms with Crippen LogP contribution in [0.2, 0.25) is 10.0 Å². The van der Waals surface area contributed by atoms with Gasteiger partial charge in [0.25, 0.3) is 0 Å². The summed E-state index contributed by atoms with van der Waals surface area (Å²) in [6.07, 6.45) is -0.665. The van der Waals surface area contributed by atoms with Gasteiger partial charge in [0.1, 0.15) is 5.82 Å². The van der Waals surface area contributed by atoms with Crippen molar-refractivity contribution in [3.05, 3.63) is 67.9 Å². The molecule has 2 aromatic rings. The predicted octanol–water partition coefficient (Wildman–Crippen LogP) is 5.17. The summed E-state index contributed by atoms with van der Waals surface area (Å²) in [5.41, 5.74) is 1.04. The number of aliphatic hydroxyl groups is 1. The Morgan fingerprint density at radius 1 is 1.16 bits per heavy atom. The molecule has 19 heavy (non-hydrogen) atoms. The van der Waals surface area contributed by atoms with Gasteiger partial charge in [-0.3, -0.25) is 0 Å². The fourth-order valence-electron chi connectivity index (χ4n) is 1.75. The summed E-state index contributed by atoms with van der Waals surface area (Å²) in [6, 6.07) is 9.40. The summed E-state index contributed by atoms with van der Waals surface area (Å²) < 4.78 is 14.3. The highest BCUT2D eigenvalue weighted by atomic mass is 79.9. The van der Waals surface area contributed by atoms with Crippen LogP contribution < -0.4 is 0 Å². The van der Waals surface area contributed by atoms with Crippen LogP contribution in [0.5, 0.6) is 0 Å². The average molecular weight is 364 g/mol. The third kappa shape index (κ3) is 3.69. The first-order valence-corrected chi connectivity index (χ1v) is 7.09. The van der Waals surface area contributed by atoms with Gasteiger partial charge in [-0.25, -0.2) is 4.39 Å². The van der Waals surface area contributed by atoms with Crippen LogP contribution in [-0.4, -0.2) is 5.11 Å². The second-order valence-electron chi connectivity index (χ2n) is 4.13. The van der Waals surface area contributed by atoms with E-state index in [4.69, 9.17) is 23.2 Å². The molecule has 1 nitrogen and oxygen atoms in total. The Labute approximate surface area is 129 Å². The molecule has 0 saturated carbocycles. The van der Waals surface area contributed by atoms with E-state index in [9.17, 15) is 9.50 Å². The van der Waals surface area contributed by atoms with E-state index in [1.54, 1.807) is 18.2 Å². The first kappa shape index (κ1) is 14.8. The van der Waals surface area contributed by atoms with Crippen LogP contribution in [0.4, 0.5) is 4.39 Å². The average Bonchev–Trinajstić information content (AvgIpc) is 2.37. The monoisotopic (exact) mass is 362 g/mol. The van der Waals surface area contributed by atoms with Gasteiger partial charge >= 0.3 is 0 Å². The zero-order valence-corrected chi connectivity index (χ0v) is 12.8. The van der Waals surface area contributed by atoms with Gasteiger partial charge in [-0.05, 0) is 57.4 Å². The quantitative estimate of drug-likeness (QED) is 0.797. The number of hydrogen-bond donors (Lipinski definition) is 1. The Kier molecular flexibility index (Phi) is 4.85. The maximum Gasteiger partial charge on any atom is 0.126 e. The molecule has 0 aliphatic heterocycles. The number of halogens is 4. The molecule has 0 saturated heterocycles. The molecule has 0 aromatic heterocycles. The van der Waals surface area contributed by atoms with Crippen LogP contribution in [0.15, 0.2) is 40.9 Å². The third-order valence-electron chi connectivity index (χ3n) is 2.75. The minimum absolute atomic E-state index is 0.153. The van der Waals surface area contributed by atoms with Crippen LogP contribution in [0.3, 0.4) is 0 Å². The van der Waals surface area contributed by atoms with E-state index in [1.165, 1.54) is 18.2 Å². The summed E-state index contributed by atoms with van der Waals surface area (Å²) in [5, 5.41) is 11.1. The summed E-state index contributed by atoms with van der Waals surface area (Å²) in [5.74, 6) is -0.378. The SMILES string of the molecule is OC(Cc1cc(Cl)ccc1F)c1ccc(Cl)c(Br)c1. The van der Waals surface area contributed by atoms with Crippen molar-refractivity contribution < 1.29 is 9.50 Å². The first-order chi connectivity index (χ1) is 8.97. The lowest BCUT2D eigenvalue weighted by Crippen LogP contribution is -2.03. The zero-order chi connectivity index (χ0) is 14.0. The molecule has 0 fully saturated rings. The van der Waals surface area contributed by atoms with Gasteiger partial charge in [0.2, 0.25) is 0 Å². The number of rotatable bonds is 3. The van der Waals surface area contributed by atoms with Crippen LogP contribution in [0.25, 0.3) is 0 Å². The number of aliphatic hydroxyl groups excluding tert-OH is 1. The van der Waals surface area contributed by atoms with Gasteiger partial charge in [0.15, 0.2) is 0 Å². The Balaban J connectivity index is 2.22. The van der Waals surface area contributed by atoms with Crippen LogP contribution in [0, 0.1) is 5.82 Å². The van der Waals surface area contributed by atoms with E-state index >= 15 is 0 Å². The van der Waals surface area contributed by atoms with Crippen molar-refractivity contribution in [2.75, 3.05) is 0 Å². The Bertz CT molecular complexity index is 604. The highest BCUT2D eigenvalue weighted by Gasteiger charge is 2.13. The Morgan fingerprint density at radius 3 is 2.58 bits per heavy atom. The molecule has 1 atom stereocenters. The third-order valence-corrected chi connectivity index (χ3v) is 4.20. The molecular formula is C14H10BrCl2FO. The van der Waals surface area contributed by atoms with Crippen molar-refractivity contribution in [2.45, 2.75) is 12.5 Å². The molecule has 1 unspecified atom stereocenters. The van der Waals surface area contributed by atoms with Crippen LogP contribution in [0.1, 0.15) is 17.2 Å². The predicted molar refractivity (Wildman–Crippen MR) is 79.2 cm³/mol. The molecule has 0 heterocycles. The molecule has 0 radical (unpaired) electrons. The molecule has 5 heteroatoms.